The molecule has 2 aromatic carbocycles. The van der Waals surface area contributed by atoms with Gasteiger partial charge >= 0.3 is 0 Å². The molecule has 2 rings (SSSR count). The van der Waals surface area contributed by atoms with Crippen LogP contribution >= 0.6 is 46.4 Å². The highest BCUT2D eigenvalue weighted by atomic mass is 35.5. The minimum absolute atomic E-state index is 0.0193. The van der Waals surface area contributed by atoms with Crippen molar-refractivity contribution < 1.29 is 19.1 Å². The maximum absolute atomic E-state index is 13.8. The molecule has 0 aromatic heterocycles. The van der Waals surface area contributed by atoms with Crippen LogP contribution in [-0.4, -0.2) is 98.4 Å². The van der Waals surface area contributed by atoms with E-state index < -0.39 is 0 Å². The first-order chi connectivity index (χ1) is 19.4. The van der Waals surface area contributed by atoms with Crippen molar-refractivity contribution in [3.8, 4) is 11.5 Å². The quantitative estimate of drug-likeness (QED) is 0.118. The first kappa shape index (κ1) is 34.7. The maximum atomic E-state index is 13.8. The Hall–Kier alpha value is -1.54. The molecule has 0 aliphatic rings. The van der Waals surface area contributed by atoms with Crippen molar-refractivity contribution in [2.45, 2.75) is 12.8 Å². The van der Waals surface area contributed by atoms with Gasteiger partial charge in [0.1, 0.15) is 11.5 Å². The number of benzene rings is 2. The zero-order valence-electron chi connectivity index (χ0n) is 23.3. The lowest BCUT2D eigenvalue weighted by atomic mass is 9.86. The molecule has 0 radical (unpaired) electrons. The third kappa shape index (κ3) is 11.4. The summed E-state index contributed by atoms with van der Waals surface area (Å²) in [5.41, 5.74) is 1.21. The number of methoxy groups -OCH3 is 2. The van der Waals surface area contributed by atoms with Crippen molar-refractivity contribution in [2.75, 3.05) is 77.0 Å². The summed E-state index contributed by atoms with van der Waals surface area (Å²) in [6.07, 6.45) is 1.04. The van der Waals surface area contributed by atoms with Crippen LogP contribution < -0.4 is 9.47 Å². The van der Waals surface area contributed by atoms with Crippen molar-refractivity contribution in [3.63, 3.8) is 0 Å². The van der Waals surface area contributed by atoms with Crippen molar-refractivity contribution in [1.29, 1.82) is 0 Å². The van der Waals surface area contributed by atoms with Gasteiger partial charge in [-0.15, -0.1) is 46.4 Å². The van der Waals surface area contributed by atoms with Crippen molar-refractivity contribution in [1.82, 2.24) is 9.80 Å². The second kappa shape index (κ2) is 19.6. The second-order valence-electron chi connectivity index (χ2n) is 9.51. The lowest BCUT2D eigenvalue weighted by molar-refractivity contribution is 0.0816. The molecular formula is C30H40Cl4N2O4. The van der Waals surface area contributed by atoms with E-state index in [2.05, 4.69) is 9.80 Å². The Morgan fingerprint density at radius 2 is 0.900 bits per heavy atom. The molecule has 0 unspecified atom stereocenters. The fourth-order valence-corrected chi connectivity index (χ4v) is 5.64. The smallest absolute Gasteiger partial charge is 0.167 e. The molecule has 0 N–H and O–H groups in total. The Balaban J connectivity index is 2.34. The summed E-state index contributed by atoms with van der Waals surface area (Å²) < 4.78 is 10.5. The Bertz CT molecular complexity index is 914. The molecule has 40 heavy (non-hydrogen) atoms. The summed E-state index contributed by atoms with van der Waals surface area (Å²) in [5.74, 6) is 2.45. The molecule has 10 heteroatoms. The van der Waals surface area contributed by atoms with Gasteiger partial charge in [0.15, 0.2) is 11.6 Å². The number of carbonyl (C=O) groups is 2. The van der Waals surface area contributed by atoms with Gasteiger partial charge in [-0.25, -0.2) is 0 Å². The van der Waals surface area contributed by atoms with E-state index in [-0.39, 0.29) is 23.4 Å². The molecule has 0 amide bonds. The SMILES string of the molecule is COc1ccc(C(=O)[C@@H](CC[C@@H](CN(CCCl)CCCl)C(=O)c2ccc(OC)cc2)CN(CCCl)CCCl)cc1. The van der Waals surface area contributed by atoms with E-state index in [9.17, 15) is 9.59 Å². The highest BCUT2D eigenvalue weighted by molar-refractivity contribution is 6.18. The van der Waals surface area contributed by atoms with Crippen molar-refractivity contribution >= 4 is 58.0 Å². The van der Waals surface area contributed by atoms with Crippen molar-refractivity contribution in [2.24, 2.45) is 11.8 Å². The zero-order valence-corrected chi connectivity index (χ0v) is 26.3. The molecule has 0 aliphatic heterocycles. The number of alkyl halides is 4. The van der Waals surface area contributed by atoms with Gasteiger partial charge < -0.3 is 19.3 Å². The van der Waals surface area contributed by atoms with Crippen LogP contribution in [0.25, 0.3) is 0 Å². The summed E-state index contributed by atoms with van der Waals surface area (Å²) >= 11 is 24.2. The molecule has 0 saturated carbocycles. The van der Waals surface area contributed by atoms with E-state index in [1.54, 1.807) is 62.8 Å². The number of nitrogens with zero attached hydrogens (tertiary/aromatic N) is 2. The van der Waals surface area contributed by atoms with Gasteiger partial charge in [-0.1, -0.05) is 0 Å². The highest BCUT2D eigenvalue weighted by Crippen LogP contribution is 2.25. The Morgan fingerprint density at radius 3 is 1.15 bits per heavy atom. The fourth-order valence-electron chi connectivity index (χ4n) is 4.69. The lowest BCUT2D eigenvalue weighted by Crippen LogP contribution is -2.38. The van der Waals surface area contributed by atoms with Gasteiger partial charge in [-0.2, -0.15) is 0 Å². The first-order valence-electron chi connectivity index (χ1n) is 13.5. The molecule has 0 saturated heterocycles. The Labute approximate surface area is 258 Å². The van der Waals surface area contributed by atoms with E-state index >= 15 is 0 Å². The molecule has 0 bridgehead atoms. The molecule has 6 nitrogen and oxygen atoms in total. The van der Waals surface area contributed by atoms with Crippen LogP contribution in [0.5, 0.6) is 11.5 Å². The van der Waals surface area contributed by atoms with Crippen LogP contribution in [0.1, 0.15) is 33.6 Å². The molecule has 2 aromatic rings. The predicted octanol–water partition coefficient (Wildman–Crippen LogP) is 6.34. The minimum Gasteiger partial charge on any atom is -0.497 e. The van der Waals surface area contributed by atoms with Gasteiger partial charge in [0.2, 0.25) is 0 Å². The van der Waals surface area contributed by atoms with E-state index in [0.29, 0.717) is 98.3 Å². The van der Waals surface area contributed by atoms with Crippen LogP contribution in [0.15, 0.2) is 48.5 Å². The number of Topliss-reactive ketones (excluding diaryl/α,β-unsaturated/α-hetero) is 2. The van der Waals surface area contributed by atoms with Gasteiger partial charge in [0.05, 0.1) is 14.2 Å². The average molecular weight is 634 g/mol. The van der Waals surface area contributed by atoms with E-state index in [1.165, 1.54) is 0 Å². The third-order valence-electron chi connectivity index (χ3n) is 6.91. The van der Waals surface area contributed by atoms with Gasteiger partial charge in [-0.3, -0.25) is 9.59 Å². The number of ether oxygens (including phenoxy) is 2. The summed E-state index contributed by atoms with van der Waals surface area (Å²) in [6, 6.07) is 14.3. The van der Waals surface area contributed by atoms with Crippen LogP contribution in [0.4, 0.5) is 0 Å². The normalized spacial score (nSPS) is 12.9. The minimum atomic E-state index is -0.347. The molecular weight excluding hydrogens is 594 g/mol. The van der Waals surface area contributed by atoms with E-state index in [4.69, 9.17) is 55.9 Å². The third-order valence-corrected chi connectivity index (χ3v) is 7.59. The number of halogens is 4. The van der Waals surface area contributed by atoms with E-state index in [0.717, 1.165) is 0 Å². The fraction of sp³-hybridized carbons (Fsp3) is 0.533. The lowest BCUT2D eigenvalue weighted by Gasteiger charge is -2.29. The molecule has 2 atom stereocenters. The topological polar surface area (TPSA) is 59.1 Å². The zero-order chi connectivity index (χ0) is 29.3. The molecule has 0 fully saturated rings. The molecule has 0 heterocycles. The van der Waals surface area contributed by atoms with Gasteiger partial charge in [0, 0.05) is 85.8 Å². The first-order valence-corrected chi connectivity index (χ1v) is 15.6. The van der Waals surface area contributed by atoms with Crippen LogP contribution in [0.3, 0.4) is 0 Å². The van der Waals surface area contributed by atoms with Gasteiger partial charge in [0.25, 0.3) is 0 Å². The summed E-state index contributed by atoms with van der Waals surface area (Å²) in [7, 11) is 3.18. The largest absolute Gasteiger partial charge is 0.497 e. The highest BCUT2D eigenvalue weighted by Gasteiger charge is 2.28. The number of rotatable bonds is 21. The van der Waals surface area contributed by atoms with E-state index in [1.807, 2.05) is 0 Å². The second-order valence-corrected chi connectivity index (χ2v) is 11.0. The Kier molecular flexibility index (Phi) is 16.9. The number of hydrogen-bond donors (Lipinski definition) is 0. The maximum Gasteiger partial charge on any atom is 0.167 e. The van der Waals surface area contributed by atoms with Crippen LogP contribution in [-0.2, 0) is 0 Å². The number of ketones is 2. The summed E-state index contributed by atoms with van der Waals surface area (Å²) in [5, 5.41) is 0. The Morgan fingerprint density at radius 1 is 0.600 bits per heavy atom. The number of hydrogen-bond acceptors (Lipinski definition) is 6. The van der Waals surface area contributed by atoms with Crippen LogP contribution in [0.2, 0.25) is 0 Å². The predicted molar refractivity (Wildman–Crippen MR) is 167 cm³/mol. The molecule has 0 spiro atoms. The summed E-state index contributed by atoms with van der Waals surface area (Å²) in [6.45, 7) is 3.48. The number of carbonyl (C=O) groups excluding carboxylic acids is 2. The van der Waals surface area contributed by atoms with Crippen LogP contribution in [0, 0.1) is 11.8 Å². The summed E-state index contributed by atoms with van der Waals surface area (Å²) in [4.78, 5) is 31.7. The average Bonchev–Trinajstić information content (AvgIpc) is 2.98. The monoisotopic (exact) mass is 632 g/mol. The standard InChI is InChI=1S/C30H40Cl4N2O4/c1-39-27-9-5-23(6-10-27)29(37)25(21-35(17-13-31)18-14-32)3-4-26(22-36(19-15-33)20-16-34)30(38)24-7-11-28(40-2)12-8-24/h5-12,25-26H,3-4,13-22H2,1-2H3/t25-,26-/m0/s1. The van der Waals surface area contributed by atoms with Crippen molar-refractivity contribution in [3.05, 3.63) is 59.7 Å². The molecule has 0 aliphatic carbocycles. The molecule has 222 valence electrons. The van der Waals surface area contributed by atoms with Gasteiger partial charge in [-0.05, 0) is 61.4 Å².